The first-order valence-corrected chi connectivity index (χ1v) is 8.23. The van der Waals surface area contributed by atoms with Crippen LogP contribution in [0.2, 0.25) is 0 Å². The van der Waals surface area contributed by atoms with Crippen LogP contribution >= 0.6 is 0 Å². The summed E-state index contributed by atoms with van der Waals surface area (Å²) in [6.45, 7) is 2.38. The summed E-state index contributed by atoms with van der Waals surface area (Å²) in [5.74, 6) is 1.51. The normalized spacial score (nSPS) is 10.2. The van der Waals surface area contributed by atoms with E-state index in [-0.39, 0.29) is 5.91 Å². The molecule has 1 aromatic heterocycles. The third kappa shape index (κ3) is 4.57. The lowest BCUT2D eigenvalue weighted by atomic mass is 10.2. The molecule has 0 fully saturated rings. The molecule has 0 aliphatic heterocycles. The van der Waals surface area contributed by atoms with E-state index in [4.69, 9.17) is 4.74 Å². The van der Waals surface area contributed by atoms with Gasteiger partial charge in [-0.3, -0.25) is 4.79 Å². The molecule has 0 saturated carbocycles. The van der Waals surface area contributed by atoms with Gasteiger partial charge in [0.25, 0.3) is 5.91 Å². The van der Waals surface area contributed by atoms with Crippen LogP contribution in [-0.2, 0) is 6.54 Å². The second-order valence-corrected chi connectivity index (χ2v) is 5.71. The summed E-state index contributed by atoms with van der Waals surface area (Å²) >= 11 is 0. The van der Waals surface area contributed by atoms with Gasteiger partial charge in [0.2, 0.25) is 0 Å². The molecule has 0 radical (unpaired) electrons. The summed E-state index contributed by atoms with van der Waals surface area (Å²) in [7, 11) is 1.58. The number of aromatic nitrogens is 2. The molecule has 0 aliphatic rings. The average Bonchev–Trinajstić information content (AvgIpc) is 2.67. The fraction of sp³-hybridized carbons (Fsp3) is 0.150. The number of benzene rings is 2. The molecule has 6 heteroatoms. The lowest BCUT2D eigenvalue weighted by molar-refractivity contribution is 0.102. The number of hydrogen-bond donors (Lipinski definition) is 2. The largest absolute Gasteiger partial charge is 0.497 e. The maximum atomic E-state index is 12.5. The highest BCUT2D eigenvalue weighted by molar-refractivity contribution is 6.03. The van der Waals surface area contributed by atoms with E-state index < -0.39 is 0 Å². The molecule has 0 spiro atoms. The number of rotatable bonds is 6. The highest BCUT2D eigenvalue weighted by Crippen LogP contribution is 2.18. The molecular formula is C20H20N4O2. The van der Waals surface area contributed by atoms with Crippen molar-refractivity contribution in [2.24, 2.45) is 0 Å². The maximum absolute atomic E-state index is 12.5. The Hall–Kier alpha value is -3.41. The van der Waals surface area contributed by atoms with E-state index in [1.807, 2.05) is 42.5 Å². The number of amides is 1. The Kier molecular flexibility index (Phi) is 5.43. The van der Waals surface area contributed by atoms with Crippen LogP contribution < -0.4 is 15.4 Å². The minimum Gasteiger partial charge on any atom is -0.497 e. The van der Waals surface area contributed by atoms with E-state index in [0.29, 0.717) is 35.3 Å². The van der Waals surface area contributed by atoms with E-state index in [1.165, 1.54) is 0 Å². The number of ether oxygens (including phenoxy) is 1. The minimum absolute atomic E-state index is 0.300. The Labute approximate surface area is 152 Å². The minimum atomic E-state index is -0.300. The van der Waals surface area contributed by atoms with Crippen molar-refractivity contribution in [3.8, 4) is 5.75 Å². The number of aryl methyl sites for hydroxylation is 1. The molecule has 0 unspecified atom stereocenters. The zero-order chi connectivity index (χ0) is 18.4. The molecule has 6 nitrogen and oxygen atoms in total. The molecule has 1 amide bonds. The van der Waals surface area contributed by atoms with Crippen molar-refractivity contribution in [1.29, 1.82) is 0 Å². The lowest BCUT2D eigenvalue weighted by Gasteiger charge is -2.10. The molecule has 0 atom stereocenters. The van der Waals surface area contributed by atoms with Gasteiger partial charge in [-0.15, -0.1) is 0 Å². The van der Waals surface area contributed by atoms with Crippen LogP contribution in [-0.4, -0.2) is 23.0 Å². The van der Waals surface area contributed by atoms with Gasteiger partial charge in [-0.2, -0.15) is 0 Å². The predicted octanol–water partition coefficient (Wildman–Crippen LogP) is 3.66. The summed E-state index contributed by atoms with van der Waals surface area (Å²) < 4.78 is 5.17. The van der Waals surface area contributed by atoms with Crippen molar-refractivity contribution in [2.45, 2.75) is 13.5 Å². The fourth-order valence-electron chi connectivity index (χ4n) is 2.46. The summed E-state index contributed by atoms with van der Waals surface area (Å²) in [4.78, 5) is 21.1. The molecule has 0 saturated heterocycles. The second kappa shape index (κ2) is 8.11. The fourth-order valence-corrected chi connectivity index (χ4v) is 2.46. The first-order valence-electron chi connectivity index (χ1n) is 8.23. The van der Waals surface area contributed by atoms with E-state index in [0.717, 1.165) is 5.56 Å². The Balaban J connectivity index is 1.72. The van der Waals surface area contributed by atoms with Crippen molar-refractivity contribution in [3.63, 3.8) is 0 Å². The molecule has 0 bridgehead atoms. The van der Waals surface area contributed by atoms with Crippen LogP contribution in [0.1, 0.15) is 21.9 Å². The van der Waals surface area contributed by atoms with E-state index in [1.54, 1.807) is 32.2 Å². The molecule has 0 aliphatic carbocycles. The van der Waals surface area contributed by atoms with E-state index >= 15 is 0 Å². The zero-order valence-electron chi connectivity index (χ0n) is 14.7. The van der Waals surface area contributed by atoms with Crippen molar-refractivity contribution < 1.29 is 9.53 Å². The summed E-state index contributed by atoms with van der Waals surface area (Å²) in [6.07, 6.45) is 0. The van der Waals surface area contributed by atoms with E-state index in [9.17, 15) is 4.79 Å². The summed E-state index contributed by atoms with van der Waals surface area (Å²) in [5.41, 5.74) is 2.08. The van der Waals surface area contributed by atoms with Crippen LogP contribution in [0.5, 0.6) is 5.75 Å². The number of nitrogens with zero attached hydrogens (tertiary/aromatic N) is 2. The topological polar surface area (TPSA) is 76.1 Å². The van der Waals surface area contributed by atoms with Crippen molar-refractivity contribution in [2.75, 3.05) is 17.7 Å². The molecule has 3 rings (SSSR count). The van der Waals surface area contributed by atoms with Crippen LogP contribution in [0.25, 0.3) is 0 Å². The Morgan fingerprint density at radius 2 is 1.85 bits per heavy atom. The molecule has 1 heterocycles. The number of methoxy groups -OCH3 is 1. The van der Waals surface area contributed by atoms with Crippen LogP contribution in [0.4, 0.5) is 11.5 Å². The van der Waals surface area contributed by atoms with Crippen LogP contribution in [0.15, 0.2) is 60.7 Å². The van der Waals surface area contributed by atoms with Gasteiger partial charge < -0.3 is 15.4 Å². The number of carbonyl (C=O) groups is 1. The smallest absolute Gasteiger partial charge is 0.274 e. The van der Waals surface area contributed by atoms with Crippen molar-refractivity contribution in [3.05, 3.63) is 77.7 Å². The third-order valence-corrected chi connectivity index (χ3v) is 3.71. The number of carbonyl (C=O) groups excluding carboxylic acids is 1. The molecule has 132 valence electrons. The monoisotopic (exact) mass is 348 g/mol. The first-order chi connectivity index (χ1) is 12.6. The lowest BCUT2D eigenvalue weighted by Crippen LogP contribution is -2.16. The number of nitrogens with one attached hydrogen (secondary N) is 2. The quantitative estimate of drug-likeness (QED) is 0.711. The first kappa shape index (κ1) is 17.4. The maximum Gasteiger partial charge on any atom is 0.274 e. The average molecular weight is 348 g/mol. The van der Waals surface area contributed by atoms with Crippen LogP contribution in [0, 0.1) is 6.92 Å². The van der Waals surface area contributed by atoms with Gasteiger partial charge in [0.1, 0.15) is 23.1 Å². The molecule has 3 aromatic rings. The highest BCUT2D eigenvalue weighted by atomic mass is 16.5. The predicted molar refractivity (Wildman–Crippen MR) is 101 cm³/mol. The van der Waals surface area contributed by atoms with Crippen molar-refractivity contribution >= 4 is 17.4 Å². The number of anilines is 2. The zero-order valence-corrected chi connectivity index (χ0v) is 14.7. The molecular weight excluding hydrogens is 328 g/mol. The molecule has 2 N–H and O–H groups in total. The summed E-state index contributed by atoms with van der Waals surface area (Å²) in [6, 6.07) is 18.8. The standard InChI is InChI=1S/C20H20N4O2/c1-14-22-18(20(25)24-16-9-6-10-17(11-16)26-2)12-19(23-14)21-13-15-7-4-3-5-8-15/h3-12H,13H2,1-2H3,(H,24,25)(H,21,22,23). The van der Waals surface area contributed by atoms with Gasteiger partial charge in [0.15, 0.2) is 0 Å². The second-order valence-electron chi connectivity index (χ2n) is 5.71. The Morgan fingerprint density at radius 3 is 2.62 bits per heavy atom. The van der Waals surface area contributed by atoms with Gasteiger partial charge in [-0.1, -0.05) is 36.4 Å². The van der Waals surface area contributed by atoms with Crippen LogP contribution in [0.3, 0.4) is 0 Å². The number of hydrogen-bond acceptors (Lipinski definition) is 5. The highest BCUT2D eigenvalue weighted by Gasteiger charge is 2.11. The Bertz CT molecular complexity index is 897. The van der Waals surface area contributed by atoms with Gasteiger partial charge >= 0.3 is 0 Å². The third-order valence-electron chi connectivity index (χ3n) is 3.71. The van der Waals surface area contributed by atoms with Crippen molar-refractivity contribution in [1.82, 2.24) is 9.97 Å². The van der Waals surface area contributed by atoms with Gasteiger partial charge in [0, 0.05) is 24.4 Å². The SMILES string of the molecule is COc1cccc(NC(=O)c2cc(NCc3ccccc3)nc(C)n2)c1. The molecule has 2 aromatic carbocycles. The Morgan fingerprint density at radius 1 is 1.04 bits per heavy atom. The van der Waals surface area contributed by atoms with Gasteiger partial charge in [-0.25, -0.2) is 9.97 Å². The van der Waals surface area contributed by atoms with Gasteiger partial charge in [-0.05, 0) is 24.6 Å². The molecule has 26 heavy (non-hydrogen) atoms. The van der Waals surface area contributed by atoms with E-state index in [2.05, 4.69) is 20.6 Å². The summed E-state index contributed by atoms with van der Waals surface area (Å²) in [5, 5.41) is 6.05. The van der Waals surface area contributed by atoms with Gasteiger partial charge in [0.05, 0.1) is 7.11 Å².